The molecule has 1 atom stereocenters. The highest BCUT2D eigenvalue weighted by atomic mass is 16.5. The number of amides is 1. The monoisotopic (exact) mass is 232 g/mol. The van der Waals surface area contributed by atoms with Crippen molar-refractivity contribution < 1.29 is 9.53 Å². The Kier molecular flexibility index (Phi) is 2.42. The maximum absolute atomic E-state index is 11.5. The fourth-order valence-electron chi connectivity index (χ4n) is 2.86. The number of ether oxygens (including phenoxy) is 1. The van der Waals surface area contributed by atoms with Crippen LogP contribution in [0.5, 0.6) is 0 Å². The number of piperazine rings is 1. The first kappa shape index (κ1) is 10.4. The second kappa shape index (κ2) is 3.95. The highest BCUT2D eigenvalue weighted by Crippen LogP contribution is 2.33. The van der Waals surface area contributed by atoms with Gasteiger partial charge in [-0.15, -0.1) is 0 Å². The molecule has 3 rings (SSSR count). The summed E-state index contributed by atoms with van der Waals surface area (Å²) in [7, 11) is 1.44. The lowest BCUT2D eigenvalue weighted by atomic mass is 10.1. The van der Waals surface area contributed by atoms with Crippen molar-refractivity contribution in [3.8, 4) is 0 Å². The van der Waals surface area contributed by atoms with Crippen molar-refractivity contribution in [3.63, 3.8) is 0 Å². The molecule has 1 aromatic rings. The molecule has 1 saturated heterocycles. The highest BCUT2D eigenvalue weighted by molar-refractivity contribution is 5.69. The average molecular weight is 232 g/mol. The van der Waals surface area contributed by atoms with E-state index in [4.69, 9.17) is 4.74 Å². The number of hydrogen-bond donors (Lipinski definition) is 0. The molecule has 2 aliphatic rings. The van der Waals surface area contributed by atoms with Gasteiger partial charge in [0.2, 0.25) is 0 Å². The summed E-state index contributed by atoms with van der Waals surface area (Å²) in [5.41, 5.74) is 2.73. The zero-order valence-corrected chi connectivity index (χ0v) is 9.93. The third kappa shape index (κ3) is 1.64. The van der Waals surface area contributed by atoms with Gasteiger partial charge in [0.15, 0.2) is 0 Å². The predicted molar refractivity (Wildman–Crippen MR) is 65.3 cm³/mol. The minimum Gasteiger partial charge on any atom is -0.453 e. The summed E-state index contributed by atoms with van der Waals surface area (Å²) >= 11 is 0. The lowest BCUT2D eigenvalue weighted by molar-refractivity contribution is 0.115. The highest BCUT2D eigenvalue weighted by Gasteiger charge is 2.35. The van der Waals surface area contributed by atoms with Crippen LogP contribution in [0.3, 0.4) is 0 Å². The van der Waals surface area contributed by atoms with Gasteiger partial charge in [-0.3, -0.25) is 0 Å². The fourth-order valence-corrected chi connectivity index (χ4v) is 2.86. The molecule has 0 aromatic heterocycles. The number of para-hydroxylation sites is 1. The predicted octanol–water partition coefficient (Wildman–Crippen LogP) is 1.50. The Morgan fingerprint density at radius 3 is 3.00 bits per heavy atom. The van der Waals surface area contributed by atoms with Gasteiger partial charge in [-0.1, -0.05) is 18.2 Å². The molecule has 90 valence electrons. The van der Waals surface area contributed by atoms with Crippen LogP contribution in [0, 0.1) is 0 Å². The molecule has 0 saturated carbocycles. The van der Waals surface area contributed by atoms with Crippen LogP contribution in [0.4, 0.5) is 10.5 Å². The molecule has 4 nitrogen and oxygen atoms in total. The summed E-state index contributed by atoms with van der Waals surface area (Å²) in [5, 5.41) is 0. The van der Waals surface area contributed by atoms with E-state index in [-0.39, 0.29) is 6.09 Å². The lowest BCUT2D eigenvalue weighted by Gasteiger charge is -2.38. The molecule has 2 aliphatic heterocycles. The SMILES string of the molecule is COC(=O)N1CCN2c3ccccc3CC2C1. The summed E-state index contributed by atoms with van der Waals surface area (Å²) in [6.07, 6.45) is 0.824. The summed E-state index contributed by atoms with van der Waals surface area (Å²) in [4.78, 5) is 15.7. The number of carbonyl (C=O) groups excluding carboxylic acids is 1. The third-order valence-corrected chi connectivity index (χ3v) is 3.67. The Morgan fingerprint density at radius 2 is 2.18 bits per heavy atom. The zero-order chi connectivity index (χ0) is 11.8. The maximum atomic E-state index is 11.5. The molecular weight excluding hydrogens is 216 g/mol. The first-order valence-electron chi connectivity index (χ1n) is 5.97. The number of nitrogens with zero attached hydrogens (tertiary/aromatic N) is 2. The van der Waals surface area contributed by atoms with Crippen LogP contribution in [0.1, 0.15) is 5.56 Å². The molecule has 1 amide bonds. The number of fused-ring (bicyclic) bond motifs is 3. The van der Waals surface area contributed by atoms with Gasteiger partial charge in [-0.25, -0.2) is 4.79 Å². The standard InChI is InChI=1S/C13H16N2O2/c1-17-13(16)14-6-7-15-11(9-14)8-10-4-2-3-5-12(10)15/h2-5,11H,6-9H2,1H3. The van der Waals surface area contributed by atoms with Gasteiger partial charge in [-0.2, -0.15) is 0 Å². The molecular formula is C13H16N2O2. The summed E-state index contributed by atoms with van der Waals surface area (Å²) in [6.45, 7) is 2.41. The number of rotatable bonds is 0. The molecule has 1 unspecified atom stereocenters. The van der Waals surface area contributed by atoms with Crippen LogP contribution in [0.2, 0.25) is 0 Å². The van der Waals surface area contributed by atoms with E-state index in [2.05, 4.69) is 29.2 Å². The van der Waals surface area contributed by atoms with Gasteiger partial charge in [0.1, 0.15) is 0 Å². The van der Waals surface area contributed by atoms with Crippen molar-refractivity contribution >= 4 is 11.8 Å². The van der Waals surface area contributed by atoms with Crippen molar-refractivity contribution in [2.45, 2.75) is 12.5 Å². The molecule has 1 aromatic carbocycles. The van der Waals surface area contributed by atoms with Crippen molar-refractivity contribution in [2.24, 2.45) is 0 Å². The van der Waals surface area contributed by atoms with E-state index in [1.165, 1.54) is 18.4 Å². The Bertz CT molecular complexity index is 447. The smallest absolute Gasteiger partial charge is 0.409 e. The molecule has 0 N–H and O–H groups in total. The van der Waals surface area contributed by atoms with Crippen LogP contribution in [-0.2, 0) is 11.2 Å². The Morgan fingerprint density at radius 1 is 1.35 bits per heavy atom. The van der Waals surface area contributed by atoms with Gasteiger partial charge in [0, 0.05) is 25.3 Å². The van der Waals surface area contributed by atoms with Crippen LogP contribution in [0.25, 0.3) is 0 Å². The van der Waals surface area contributed by atoms with E-state index in [0.29, 0.717) is 6.04 Å². The minimum absolute atomic E-state index is 0.208. The number of carbonyl (C=O) groups is 1. The van der Waals surface area contributed by atoms with Crippen LogP contribution < -0.4 is 4.90 Å². The number of methoxy groups -OCH3 is 1. The molecule has 2 heterocycles. The molecule has 17 heavy (non-hydrogen) atoms. The largest absolute Gasteiger partial charge is 0.453 e. The first-order chi connectivity index (χ1) is 8.29. The van der Waals surface area contributed by atoms with Gasteiger partial charge in [0.05, 0.1) is 13.2 Å². The summed E-state index contributed by atoms with van der Waals surface area (Å²) < 4.78 is 4.78. The van der Waals surface area contributed by atoms with Gasteiger partial charge in [-0.05, 0) is 18.1 Å². The van der Waals surface area contributed by atoms with Crippen LogP contribution in [-0.4, -0.2) is 43.8 Å². The molecule has 4 heteroatoms. The number of hydrogen-bond acceptors (Lipinski definition) is 3. The van der Waals surface area contributed by atoms with Crippen molar-refractivity contribution in [2.75, 3.05) is 31.6 Å². The molecule has 0 bridgehead atoms. The normalized spacial score (nSPS) is 22.1. The van der Waals surface area contributed by atoms with Crippen molar-refractivity contribution in [3.05, 3.63) is 29.8 Å². The zero-order valence-electron chi connectivity index (χ0n) is 9.93. The second-order valence-corrected chi connectivity index (χ2v) is 4.60. The molecule has 0 radical (unpaired) electrons. The molecule has 1 fully saturated rings. The van der Waals surface area contributed by atoms with E-state index in [9.17, 15) is 4.79 Å². The van der Waals surface area contributed by atoms with E-state index in [1.54, 1.807) is 4.90 Å². The van der Waals surface area contributed by atoms with Crippen molar-refractivity contribution in [1.82, 2.24) is 4.90 Å². The number of benzene rings is 1. The first-order valence-corrected chi connectivity index (χ1v) is 5.97. The Balaban J connectivity index is 1.79. The minimum atomic E-state index is -0.208. The topological polar surface area (TPSA) is 32.8 Å². The fraction of sp³-hybridized carbons (Fsp3) is 0.462. The van der Waals surface area contributed by atoms with E-state index in [0.717, 1.165) is 26.1 Å². The lowest BCUT2D eigenvalue weighted by Crippen LogP contribution is -2.53. The third-order valence-electron chi connectivity index (χ3n) is 3.67. The maximum Gasteiger partial charge on any atom is 0.409 e. The molecule has 0 spiro atoms. The summed E-state index contributed by atoms with van der Waals surface area (Å²) in [6, 6.07) is 8.92. The van der Waals surface area contributed by atoms with Crippen molar-refractivity contribution in [1.29, 1.82) is 0 Å². The van der Waals surface area contributed by atoms with Crippen LogP contribution in [0.15, 0.2) is 24.3 Å². The quantitative estimate of drug-likeness (QED) is 0.679. The van der Waals surface area contributed by atoms with E-state index in [1.807, 2.05) is 0 Å². The van der Waals surface area contributed by atoms with E-state index >= 15 is 0 Å². The Labute approximate surface area is 101 Å². The van der Waals surface area contributed by atoms with Gasteiger partial charge < -0.3 is 14.5 Å². The second-order valence-electron chi connectivity index (χ2n) is 4.60. The van der Waals surface area contributed by atoms with Crippen LogP contribution >= 0.6 is 0 Å². The van der Waals surface area contributed by atoms with Gasteiger partial charge in [0.25, 0.3) is 0 Å². The summed E-state index contributed by atoms with van der Waals surface area (Å²) in [5.74, 6) is 0. The molecule has 0 aliphatic carbocycles. The van der Waals surface area contributed by atoms with E-state index < -0.39 is 0 Å². The van der Waals surface area contributed by atoms with Gasteiger partial charge >= 0.3 is 6.09 Å². The Hall–Kier alpha value is -1.71. The average Bonchev–Trinajstić information content (AvgIpc) is 2.75. The number of anilines is 1.